The van der Waals surface area contributed by atoms with Crippen LogP contribution in [0.15, 0.2) is 73.1 Å². The molecule has 0 aliphatic rings. The monoisotopic (exact) mass is 430 g/mol. The lowest BCUT2D eigenvalue weighted by molar-refractivity contribution is 0.0939. The number of nitrogens with one attached hydrogen (secondary N) is 1. The standard InChI is InChI=1S/C25H23FN4O2/c1-17-4-2-3-5-20(17)16-28-25(32)24-22(18-10-12-27-13-11-18)23(29-30(24)14-15-31)19-6-8-21(26)9-7-19/h2-13,31H,14-16H2,1H3,(H,28,32). The Morgan fingerprint density at radius 3 is 2.44 bits per heavy atom. The first kappa shape index (κ1) is 21.4. The van der Waals surface area contributed by atoms with Crippen LogP contribution in [0.5, 0.6) is 0 Å². The number of aliphatic hydroxyl groups is 1. The van der Waals surface area contributed by atoms with Gasteiger partial charge in [0.15, 0.2) is 0 Å². The molecule has 0 saturated heterocycles. The largest absolute Gasteiger partial charge is 0.394 e. The summed E-state index contributed by atoms with van der Waals surface area (Å²) in [7, 11) is 0. The molecule has 162 valence electrons. The van der Waals surface area contributed by atoms with Crippen LogP contribution in [-0.2, 0) is 13.1 Å². The number of aromatic nitrogens is 3. The zero-order valence-corrected chi connectivity index (χ0v) is 17.6. The summed E-state index contributed by atoms with van der Waals surface area (Å²) in [6.45, 7) is 2.31. The number of carbonyl (C=O) groups excluding carboxylic acids is 1. The van der Waals surface area contributed by atoms with Crippen LogP contribution in [0.3, 0.4) is 0 Å². The Morgan fingerprint density at radius 2 is 1.75 bits per heavy atom. The molecule has 2 aromatic heterocycles. The molecule has 0 atom stereocenters. The number of aryl methyl sites for hydroxylation is 1. The van der Waals surface area contributed by atoms with Crippen molar-refractivity contribution in [2.75, 3.05) is 6.61 Å². The first-order valence-corrected chi connectivity index (χ1v) is 10.3. The molecule has 0 unspecified atom stereocenters. The normalized spacial score (nSPS) is 10.8. The zero-order valence-electron chi connectivity index (χ0n) is 17.6. The van der Waals surface area contributed by atoms with Crippen LogP contribution >= 0.6 is 0 Å². The van der Waals surface area contributed by atoms with Crippen LogP contribution in [0.1, 0.15) is 21.6 Å². The first-order valence-electron chi connectivity index (χ1n) is 10.3. The van der Waals surface area contributed by atoms with Gasteiger partial charge in [-0.25, -0.2) is 4.39 Å². The predicted octanol–water partition coefficient (Wildman–Crippen LogP) is 3.98. The summed E-state index contributed by atoms with van der Waals surface area (Å²) in [6.07, 6.45) is 3.28. The smallest absolute Gasteiger partial charge is 0.270 e. The summed E-state index contributed by atoms with van der Waals surface area (Å²) in [6, 6.07) is 17.4. The summed E-state index contributed by atoms with van der Waals surface area (Å²) < 4.78 is 15.0. The summed E-state index contributed by atoms with van der Waals surface area (Å²) in [5.74, 6) is -0.667. The predicted molar refractivity (Wildman–Crippen MR) is 120 cm³/mol. The van der Waals surface area contributed by atoms with E-state index in [2.05, 4.69) is 15.4 Å². The van der Waals surface area contributed by atoms with E-state index in [9.17, 15) is 14.3 Å². The van der Waals surface area contributed by atoms with Crippen molar-refractivity contribution in [3.8, 4) is 22.4 Å². The maximum atomic E-state index is 13.5. The van der Waals surface area contributed by atoms with E-state index >= 15 is 0 Å². The molecule has 2 N–H and O–H groups in total. The number of rotatable bonds is 7. The topological polar surface area (TPSA) is 80.0 Å². The number of nitrogens with zero attached hydrogens (tertiary/aromatic N) is 3. The van der Waals surface area contributed by atoms with Crippen molar-refractivity contribution >= 4 is 5.91 Å². The van der Waals surface area contributed by atoms with Gasteiger partial charge >= 0.3 is 0 Å². The minimum absolute atomic E-state index is 0.145. The molecule has 0 saturated carbocycles. The average molecular weight is 430 g/mol. The van der Waals surface area contributed by atoms with E-state index < -0.39 is 0 Å². The van der Waals surface area contributed by atoms with Crippen molar-refractivity contribution < 1.29 is 14.3 Å². The number of aliphatic hydroxyl groups excluding tert-OH is 1. The second kappa shape index (κ2) is 9.53. The fraction of sp³-hybridized carbons (Fsp3) is 0.160. The summed E-state index contributed by atoms with van der Waals surface area (Å²) >= 11 is 0. The van der Waals surface area contributed by atoms with Gasteiger partial charge in [-0.2, -0.15) is 5.10 Å². The molecule has 0 fully saturated rings. The van der Waals surface area contributed by atoms with Gasteiger partial charge in [0.05, 0.1) is 13.2 Å². The van der Waals surface area contributed by atoms with Gasteiger partial charge in [-0.1, -0.05) is 24.3 Å². The molecule has 0 aliphatic heterocycles. The molecule has 7 heteroatoms. The number of amides is 1. The highest BCUT2D eigenvalue weighted by molar-refractivity contribution is 6.03. The molecule has 1 amide bonds. The van der Waals surface area contributed by atoms with Crippen molar-refractivity contribution in [2.45, 2.75) is 20.0 Å². The third-order valence-electron chi connectivity index (χ3n) is 5.27. The Bertz CT molecular complexity index is 1220. The van der Waals surface area contributed by atoms with Gasteiger partial charge in [0.25, 0.3) is 5.91 Å². The van der Waals surface area contributed by atoms with E-state index in [4.69, 9.17) is 0 Å². The van der Waals surface area contributed by atoms with E-state index in [0.29, 0.717) is 29.1 Å². The Balaban J connectivity index is 1.81. The fourth-order valence-electron chi connectivity index (χ4n) is 3.62. The van der Waals surface area contributed by atoms with Gasteiger partial charge in [-0.3, -0.25) is 14.5 Å². The molecule has 0 spiro atoms. The van der Waals surface area contributed by atoms with Gasteiger partial charge in [-0.15, -0.1) is 0 Å². The molecule has 4 rings (SSSR count). The maximum absolute atomic E-state index is 13.5. The molecule has 2 heterocycles. The molecule has 2 aromatic carbocycles. The van der Waals surface area contributed by atoms with Crippen molar-refractivity contribution in [1.29, 1.82) is 0 Å². The van der Waals surface area contributed by atoms with Crippen LogP contribution in [0.25, 0.3) is 22.4 Å². The van der Waals surface area contributed by atoms with E-state index in [1.165, 1.54) is 16.8 Å². The minimum Gasteiger partial charge on any atom is -0.394 e. The number of hydrogen-bond acceptors (Lipinski definition) is 4. The molecule has 6 nitrogen and oxygen atoms in total. The average Bonchev–Trinajstić information content (AvgIpc) is 3.19. The number of hydrogen-bond donors (Lipinski definition) is 2. The Morgan fingerprint density at radius 1 is 1.03 bits per heavy atom. The van der Waals surface area contributed by atoms with Crippen LogP contribution in [0.2, 0.25) is 0 Å². The molecule has 0 radical (unpaired) electrons. The van der Waals surface area contributed by atoms with Gasteiger partial charge in [0.2, 0.25) is 0 Å². The van der Waals surface area contributed by atoms with Crippen LogP contribution in [-0.4, -0.2) is 32.4 Å². The highest BCUT2D eigenvalue weighted by Gasteiger charge is 2.25. The Labute approximate surface area is 185 Å². The van der Waals surface area contributed by atoms with Crippen LogP contribution in [0, 0.1) is 12.7 Å². The van der Waals surface area contributed by atoms with E-state index in [-0.39, 0.29) is 24.9 Å². The molecular formula is C25H23FN4O2. The number of halogens is 1. The molecule has 0 aliphatic carbocycles. The summed E-state index contributed by atoms with van der Waals surface area (Å²) in [5.41, 5.74) is 4.99. The van der Waals surface area contributed by atoms with Crippen molar-refractivity contribution in [3.63, 3.8) is 0 Å². The Hall–Kier alpha value is -3.84. The van der Waals surface area contributed by atoms with Gasteiger partial charge in [-0.05, 0) is 60.0 Å². The lowest BCUT2D eigenvalue weighted by Gasteiger charge is -2.11. The highest BCUT2D eigenvalue weighted by Crippen LogP contribution is 2.34. The molecule has 32 heavy (non-hydrogen) atoms. The van der Waals surface area contributed by atoms with Gasteiger partial charge in [0, 0.05) is 30.1 Å². The molecule has 4 aromatic rings. The zero-order chi connectivity index (χ0) is 22.5. The summed E-state index contributed by atoms with van der Waals surface area (Å²) in [4.78, 5) is 17.5. The maximum Gasteiger partial charge on any atom is 0.270 e. The third-order valence-corrected chi connectivity index (χ3v) is 5.27. The van der Waals surface area contributed by atoms with Crippen LogP contribution < -0.4 is 5.32 Å². The highest BCUT2D eigenvalue weighted by atomic mass is 19.1. The first-order chi connectivity index (χ1) is 15.6. The Kier molecular flexibility index (Phi) is 6.37. The van der Waals surface area contributed by atoms with Crippen molar-refractivity contribution in [1.82, 2.24) is 20.1 Å². The SMILES string of the molecule is Cc1ccccc1CNC(=O)c1c(-c2ccncc2)c(-c2ccc(F)cc2)nn1CCO. The summed E-state index contributed by atoms with van der Waals surface area (Å²) in [5, 5.41) is 17.2. The van der Waals surface area contributed by atoms with Crippen LogP contribution in [0.4, 0.5) is 4.39 Å². The third kappa shape index (κ3) is 4.43. The lowest BCUT2D eigenvalue weighted by Crippen LogP contribution is -2.27. The molecular weight excluding hydrogens is 407 g/mol. The van der Waals surface area contributed by atoms with Crippen molar-refractivity contribution in [2.24, 2.45) is 0 Å². The van der Waals surface area contributed by atoms with E-state index in [1.54, 1.807) is 36.7 Å². The minimum atomic E-state index is -0.356. The van der Waals surface area contributed by atoms with E-state index in [0.717, 1.165) is 16.7 Å². The second-order valence-corrected chi connectivity index (χ2v) is 7.37. The van der Waals surface area contributed by atoms with Crippen molar-refractivity contribution in [3.05, 3.63) is 95.7 Å². The number of pyridine rings is 1. The quantitative estimate of drug-likeness (QED) is 0.465. The van der Waals surface area contributed by atoms with Gasteiger partial charge < -0.3 is 10.4 Å². The van der Waals surface area contributed by atoms with E-state index in [1.807, 2.05) is 31.2 Å². The second-order valence-electron chi connectivity index (χ2n) is 7.37. The van der Waals surface area contributed by atoms with Gasteiger partial charge in [0.1, 0.15) is 17.2 Å². The molecule has 0 bridgehead atoms. The fourth-order valence-corrected chi connectivity index (χ4v) is 3.62. The number of benzene rings is 2. The lowest BCUT2D eigenvalue weighted by atomic mass is 9.99. The number of carbonyl (C=O) groups is 1.